The van der Waals surface area contributed by atoms with E-state index in [-0.39, 0.29) is 24.7 Å². The molecule has 0 aliphatic carbocycles. The summed E-state index contributed by atoms with van der Waals surface area (Å²) in [5.41, 5.74) is -0.0482. The zero-order valence-corrected chi connectivity index (χ0v) is 11.3. The van der Waals surface area contributed by atoms with Crippen molar-refractivity contribution in [3.05, 3.63) is 16.1 Å². The van der Waals surface area contributed by atoms with Gasteiger partial charge >= 0.3 is 12.0 Å². The molecule has 0 radical (unpaired) electrons. The van der Waals surface area contributed by atoms with Gasteiger partial charge in [-0.05, 0) is 0 Å². The molecule has 8 nitrogen and oxygen atoms in total. The number of carboxylic acid groups (broad SMARTS) is 1. The van der Waals surface area contributed by atoms with Crippen LogP contribution in [-0.4, -0.2) is 53.5 Å². The maximum atomic E-state index is 11.6. The van der Waals surface area contributed by atoms with Gasteiger partial charge in [0, 0.05) is 19.5 Å². The number of hydrogen-bond acceptors (Lipinski definition) is 5. The van der Waals surface area contributed by atoms with E-state index in [1.807, 2.05) is 0 Å². The average Bonchev–Trinajstić information content (AvgIpc) is 2.84. The van der Waals surface area contributed by atoms with Gasteiger partial charge in [-0.1, -0.05) is 0 Å². The fourth-order valence-corrected chi connectivity index (χ4v) is 1.85. The summed E-state index contributed by atoms with van der Waals surface area (Å²) >= 11 is 1.15. The molecular weight excluding hydrogens is 272 g/mol. The highest BCUT2D eigenvalue weighted by Crippen LogP contribution is 2.09. The molecule has 0 saturated carbocycles. The second-order valence-corrected chi connectivity index (χ2v) is 4.56. The lowest BCUT2D eigenvalue weighted by molar-refractivity contribution is -0.120. The molecule has 0 saturated heterocycles. The Bertz CT molecular complexity index is 488. The molecule has 104 valence electrons. The summed E-state index contributed by atoms with van der Waals surface area (Å²) in [4.78, 5) is 38.3. The number of carboxylic acids is 1. The summed E-state index contributed by atoms with van der Waals surface area (Å²) in [5, 5.41) is 15.5. The first-order chi connectivity index (χ1) is 8.93. The van der Waals surface area contributed by atoms with Gasteiger partial charge < -0.3 is 20.6 Å². The normalized spacial score (nSPS) is 9.79. The second-order valence-electron chi connectivity index (χ2n) is 3.62. The first-order valence-electron chi connectivity index (χ1n) is 5.31. The molecular formula is C10H14N4O4S. The van der Waals surface area contributed by atoms with Crippen LogP contribution in [0.1, 0.15) is 15.5 Å². The Hall–Kier alpha value is -2.16. The monoisotopic (exact) mass is 286 g/mol. The molecule has 1 aromatic heterocycles. The van der Waals surface area contributed by atoms with Crippen molar-refractivity contribution < 1.29 is 19.5 Å². The Morgan fingerprint density at radius 3 is 2.68 bits per heavy atom. The Kier molecular flexibility index (Phi) is 5.24. The van der Waals surface area contributed by atoms with Crippen LogP contribution in [-0.2, 0) is 11.3 Å². The van der Waals surface area contributed by atoms with Gasteiger partial charge in [0.15, 0.2) is 5.69 Å². The third-order valence-electron chi connectivity index (χ3n) is 2.17. The summed E-state index contributed by atoms with van der Waals surface area (Å²) in [7, 11) is 2.96. The molecule has 3 amide bonds. The molecule has 19 heavy (non-hydrogen) atoms. The van der Waals surface area contributed by atoms with Crippen LogP contribution in [0.25, 0.3) is 0 Å². The number of amides is 3. The number of hydrogen-bond donors (Lipinski definition) is 3. The lowest BCUT2D eigenvalue weighted by Gasteiger charge is -2.16. The van der Waals surface area contributed by atoms with E-state index in [1.165, 1.54) is 24.4 Å². The fraction of sp³-hybridized carbons (Fsp3) is 0.400. The third-order valence-corrected chi connectivity index (χ3v) is 3.02. The maximum Gasteiger partial charge on any atom is 0.355 e. The molecule has 1 aromatic rings. The van der Waals surface area contributed by atoms with Crippen LogP contribution in [0.3, 0.4) is 0 Å². The molecule has 0 aliphatic rings. The molecule has 0 aliphatic heterocycles. The van der Waals surface area contributed by atoms with Crippen LogP contribution in [0.2, 0.25) is 0 Å². The quantitative estimate of drug-likeness (QED) is 0.690. The van der Waals surface area contributed by atoms with Gasteiger partial charge in [-0.2, -0.15) is 0 Å². The number of carbonyl (C=O) groups excluding carboxylic acids is 2. The van der Waals surface area contributed by atoms with Crippen molar-refractivity contribution in [1.82, 2.24) is 20.5 Å². The SMILES string of the molecule is CNC(=O)CN(C)C(=O)NCc1nc(C(=O)O)cs1. The van der Waals surface area contributed by atoms with Gasteiger partial charge in [0.05, 0.1) is 6.54 Å². The molecule has 1 rings (SSSR count). The molecule has 0 atom stereocenters. The number of carbonyl (C=O) groups is 3. The van der Waals surface area contributed by atoms with E-state index in [1.54, 1.807) is 0 Å². The number of aromatic carboxylic acids is 1. The molecule has 0 bridgehead atoms. The van der Waals surface area contributed by atoms with E-state index in [9.17, 15) is 14.4 Å². The van der Waals surface area contributed by atoms with Gasteiger partial charge in [0.1, 0.15) is 11.6 Å². The number of nitrogens with one attached hydrogen (secondary N) is 2. The molecule has 3 N–H and O–H groups in total. The van der Waals surface area contributed by atoms with Crippen molar-refractivity contribution in [3.63, 3.8) is 0 Å². The van der Waals surface area contributed by atoms with E-state index in [0.29, 0.717) is 5.01 Å². The Labute approximate surface area is 113 Å². The minimum absolute atomic E-state index is 0.0482. The van der Waals surface area contributed by atoms with Gasteiger partial charge in [-0.3, -0.25) is 4.79 Å². The minimum Gasteiger partial charge on any atom is -0.476 e. The standard InChI is InChI=1S/C10H14N4O4S/c1-11-7(15)4-14(2)10(18)12-3-8-13-6(5-19-8)9(16)17/h5H,3-4H2,1-2H3,(H,11,15)(H,12,18)(H,16,17). The molecule has 0 unspecified atom stereocenters. The van der Waals surface area contributed by atoms with Crippen LogP contribution in [0.4, 0.5) is 4.79 Å². The first-order valence-corrected chi connectivity index (χ1v) is 6.19. The summed E-state index contributed by atoms with van der Waals surface area (Å²) in [5.74, 6) is -1.38. The topological polar surface area (TPSA) is 112 Å². The van der Waals surface area contributed by atoms with Crippen molar-refractivity contribution >= 4 is 29.2 Å². The van der Waals surface area contributed by atoms with Gasteiger partial charge in [0.25, 0.3) is 0 Å². The predicted octanol–water partition coefficient (Wildman–Crippen LogP) is -0.271. The molecule has 9 heteroatoms. The molecule has 0 aromatic carbocycles. The zero-order chi connectivity index (χ0) is 14.4. The van der Waals surface area contributed by atoms with Crippen molar-refractivity contribution in [2.45, 2.75) is 6.54 Å². The molecule has 0 spiro atoms. The number of urea groups is 1. The highest BCUT2D eigenvalue weighted by molar-refractivity contribution is 7.09. The average molecular weight is 286 g/mol. The minimum atomic E-state index is -1.11. The maximum absolute atomic E-state index is 11.6. The van der Waals surface area contributed by atoms with Crippen LogP contribution in [0, 0.1) is 0 Å². The number of aromatic nitrogens is 1. The van der Waals surface area contributed by atoms with Crippen LogP contribution < -0.4 is 10.6 Å². The summed E-state index contributed by atoms with van der Waals surface area (Å²) < 4.78 is 0. The van der Waals surface area contributed by atoms with Gasteiger partial charge in [-0.25, -0.2) is 14.6 Å². The lowest BCUT2D eigenvalue weighted by Crippen LogP contribution is -2.42. The third kappa shape index (κ3) is 4.54. The van der Waals surface area contributed by atoms with Crippen molar-refractivity contribution in [1.29, 1.82) is 0 Å². The van der Waals surface area contributed by atoms with Crippen LogP contribution >= 0.6 is 11.3 Å². The van der Waals surface area contributed by atoms with E-state index >= 15 is 0 Å². The fourth-order valence-electron chi connectivity index (χ4n) is 1.14. The first kappa shape index (κ1) is 14.9. The summed E-state index contributed by atoms with van der Waals surface area (Å²) in [6, 6.07) is -0.435. The van der Waals surface area contributed by atoms with Crippen molar-refractivity contribution in [3.8, 4) is 0 Å². The van der Waals surface area contributed by atoms with E-state index < -0.39 is 12.0 Å². The Morgan fingerprint density at radius 2 is 2.16 bits per heavy atom. The smallest absolute Gasteiger partial charge is 0.355 e. The van der Waals surface area contributed by atoms with E-state index in [4.69, 9.17) is 5.11 Å². The number of likely N-dealkylation sites (N-methyl/N-ethyl adjacent to an activating group) is 2. The van der Waals surface area contributed by atoms with Crippen molar-refractivity contribution in [2.24, 2.45) is 0 Å². The molecule has 1 heterocycles. The van der Waals surface area contributed by atoms with Crippen LogP contribution in [0.5, 0.6) is 0 Å². The number of rotatable bonds is 5. The largest absolute Gasteiger partial charge is 0.476 e. The van der Waals surface area contributed by atoms with Crippen LogP contribution in [0.15, 0.2) is 5.38 Å². The number of thiazole rings is 1. The van der Waals surface area contributed by atoms with E-state index in [0.717, 1.165) is 11.3 Å². The Balaban J connectivity index is 2.44. The summed E-state index contributed by atoms with van der Waals surface area (Å²) in [6.45, 7) is 0.0649. The summed E-state index contributed by atoms with van der Waals surface area (Å²) in [6.07, 6.45) is 0. The van der Waals surface area contributed by atoms with Gasteiger partial charge in [0.2, 0.25) is 5.91 Å². The van der Waals surface area contributed by atoms with Gasteiger partial charge in [-0.15, -0.1) is 11.3 Å². The lowest BCUT2D eigenvalue weighted by atomic mass is 10.5. The van der Waals surface area contributed by atoms with Crippen molar-refractivity contribution in [2.75, 3.05) is 20.6 Å². The van der Waals surface area contributed by atoms with E-state index in [2.05, 4.69) is 15.6 Å². The second kappa shape index (κ2) is 6.69. The zero-order valence-electron chi connectivity index (χ0n) is 10.5. The highest BCUT2D eigenvalue weighted by atomic mass is 32.1. The number of nitrogens with zero attached hydrogens (tertiary/aromatic N) is 2. The highest BCUT2D eigenvalue weighted by Gasteiger charge is 2.13. The predicted molar refractivity (Wildman–Crippen MR) is 68.0 cm³/mol. The molecule has 0 fully saturated rings. The Morgan fingerprint density at radius 1 is 1.47 bits per heavy atom.